The molecule has 1 fully saturated rings. The van der Waals surface area contributed by atoms with Gasteiger partial charge >= 0.3 is 6.09 Å². The first-order chi connectivity index (χ1) is 10.3. The number of nitrogens with one attached hydrogen (secondary N) is 1. The molecule has 1 N–H and O–H groups in total. The van der Waals surface area contributed by atoms with Crippen molar-refractivity contribution in [2.45, 2.75) is 46.3 Å². The molecule has 5 heteroatoms. The Morgan fingerprint density at radius 1 is 1.50 bits per heavy atom. The van der Waals surface area contributed by atoms with Crippen molar-refractivity contribution in [3.8, 4) is 0 Å². The first kappa shape index (κ1) is 16.7. The maximum absolute atomic E-state index is 12.0. The predicted octanol–water partition coefficient (Wildman–Crippen LogP) is 2.74. The molecule has 1 amide bonds. The van der Waals surface area contributed by atoms with E-state index in [-0.39, 0.29) is 6.09 Å². The van der Waals surface area contributed by atoms with Crippen LogP contribution >= 0.6 is 0 Å². The van der Waals surface area contributed by atoms with Crippen LogP contribution in [-0.4, -0.2) is 41.2 Å². The molecular weight excluding hydrogens is 278 g/mol. The molecule has 0 spiro atoms. The largest absolute Gasteiger partial charge is 0.444 e. The van der Waals surface area contributed by atoms with E-state index in [2.05, 4.69) is 17.2 Å². The Hall–Kier alpha value is -1.62. The number of hydrogen-bond donors (Lipinski definition) is 1. The Morgan fingerprint density at radius 2 is 2.27 bits per heavy atom. The Balaban J connectivity index is 1.73. The fourth-order valence-electron chi connectivity index (χ4n) is 2.58. The number of ether oxygens (including phenoxy) is 1. The summed E-state index contributed by atoms with van der Waals surface area (Å²) in [5.74, 6) is 0.490. The fraction of sp³-hybridized carbons (Fsp3) is 0.647. The number of aromatic nitrogens is 1. The highest BCUT2D eigenvalue weighted by Gasteiger charge is 2.29. The topological polar surface area (TPSA) is 54.5 Å². The van der Waals surface area contributed by atoms with Crippen molar-refractivity contribution in [1.29, 1.82) is 0 Å². The van der Waals surface area contributed by atoms with Gasteiger partial charge in [0, 0.05) is 38.6 Å². The molecule has 1 saturated heterocycles. The van der Waals surface area contributed by atoms with E-state index in [1.165, 1.54) is 11.1 Å². The van der Waals surface area contributed by atoms with Gasteiger partial charge in [0.1, 0.15) is 5.60 Å². The number of carbonyl (C=O) groups excluding carboxylic acids is 1. The number of pyridine rings is 1. The third-order valence-electron chi connectivity index (χ3n) is 3.83. The average molecular weight is 305 g/mol. The van der Waals surface area contributed by atoms with Gasteiger partial charge in [0.2, 0.25) is 0 Å². The summed E-state index contributed by atoms with van der Waals surface area (Å²) < 4.78 is 5.42. The van der Waals surface area contributed by atoms with Crippen LogP contribution in [0.15, 0.2) is 18.5 Å². The van der Waals surface area contributed by atoms with Crippen molar-refractivity contribution in [1.82, 2.24) is 15.2 Å². The zero-order valence-corrected chi connectivity index (χ0v) is 14.1. The third-order valence-corrected chi connectivity index (χ3v) is 3.83. The molecule has 1 unspecified atom stereocenters. The SMILES string of the molecule is Cc1ccncc1CNCC1CCN(C(=O)OC(C)(C)C)C1. The maximum atomic E-state index is 12.0. The lowest BCUT2D eigenvalue weighted by Crippen LogP contribution is -2.36. The van der Waals surface area contributed by atoms with Crippen molar-refractivity contribution >= 4 is 6.09 Å². The number of carbonyl (C=O) groups is 1. The molecule has 122 valence electrons. The summed E-state index contributed by atoms with van der Waals surface area (Å²) in [5, 5.41) is 3.47. The summed E-state index contributed by atoms with van der Waals surface area (Å²) in [4.78, 5) is 18.0. The Kier molecular flexibility index (Phi) is 5.40. The van der Waals surface area contributed by atoms with Crippen molar-refractivity contribution < 1.29 is 9.53 Å². The molecule has 0 saturated carbocycles. The lowest BCUT2D eigenvalue weighted by Gasteiger charge is -2.24. The van der Waals surface area contributed by atoms with Crippen LogP contribution < -0.4 is 5.32 Å². The molecule has 0 aliphatic carbocycles. The van der Waals surface area contributed by atoms with E-state index >= 15 is 0 Å². The third kappa shape index (κ3) is 4.98. The minimum absolute atomic E-state index is 0.196. The number of nitrogens with zero attached hydrogens (tertiary/aromatic N) is 2. The van der Waals surface area contributed by atoms with Crippen LogP contribution in [0.25, 0.3) is 0 Å². The van der Waals surface area contributed by atoms with Crippen LogP contribution in [0.1, 0.15) is 38.3 Å². The summed E-state index contributed by atoms with van der Waals surface area (Å²) in [6, 6.07) is 2.02. The van der Waals surface area contributed by atoms with Gasteiger partial charge in [0.15, 0.2) is 0 Å². The Morgan fingerprint density at radius 3 is 2.95 bits per heavy atom. The number of aryl methyl sites for hydroxylation is 1. The van der Waals surface area contributed by atoms with Gasteiger partial charge in [-0.1, -0.05) is 0 Å². The van der Waals surface area contributed by atoms with Gasteiger partial charge < -0.3 is 15.0 Å². The van der Waals surface area contributed by atoms with Gasteiger partial charge in [-0.2, -0.15) is 0 Å². The predicted molar refractivity (Wildman–Crippen MR) is 86.6 cm³/mol. The molecule has 2 rings (SSSR count). The molecular formula is C17H27N3O2. The lowest BCUT2D eigenvalue weighted by molar-refractivity contribution is 0.0288. The number of hydrogen-bond acceptors (Lipinski definition) is 4. The van der Waals surface area contributed by atoms with Crippen molar-refractivity contribution in [3.05, 3.63) is 29.6 Å². The normalized spacial score (nSPS) is 18.5. The van der Waals surface area contributed by atoms with E-state index < -0.39 is 5.60 Å². The molecule has 1 aromatic heterocycles. The standard InChI is InChI=1S/C17H27N3O2/c1-13-5-7-18-10-15(13)11-19-9-14-6-8-20(12-14)16(21)22-17(2,3)4/h5,7,10,14,19H,6,8-9,11-12H2,1-4H3. The van der Waals surface area contributed by atoms with Crippen LogP contribution in [0, 0.1) is 12.8 Å². The number of amides is 1. The van der Waals surface area contributed by atoms with Crippen molar-refractivity contribution in [2.75, 3.05) is 19.6 Å². The van der Waals surface area contributed by atoms with Crippen LogP contribution in [-0.2, 0) is 11.3 Å². The minimum Gasteiger partial charge on any atom is -0.444 e. The average Bonchev–Trinajstić information content (AvgIpc) is 2.88. The van der Waals surface area contributed by atoms with Gasteiger partial charge in [-0.15, -0.1) is 0 Å². The molecule has 1 aliphatic rings. The van der Waals surface area contributed by atoms with Gasteiger partial charge in [0.05, 0.1) is 0 Å². The molecule has 1 aliphatic heterocycles. The fourth-order valence-corrected chi connectivity index (χ4v) is 2.58. The van der Waals surface area contributed by atoms with Gasteiger partial charge in [-0.25, -0.2) is 4.79 Å². The first-order valence-corrected chi connectivity index (χ1v) is 7.93. The van der Waals surface area contributed by atoms with E-state index in [1.54, 1.807) is 0 Å². The lowest BCUT2D eigenvalue weighted by atomic mass is 10.1. The van der Waals surface area contributed by atoms with Crippen LogP contribution in [0.3, 0.4) is 0 Å². The van der Waals surface area contributed by atoms with Crippen molar-refractivity contribution in [3.63, 3.8) is 0 Å². The zero-order valence-electron chi connectivity index (χ0n) is 14.1. The molecule has 2 heterocycles. The Labute approximate surface area is 133 Å². The number of likely N-dealkylation sites (tertiary alicyclic amines) is 1. The highest BCUT2D eigenvalue weighted by molar-refractivity contribution is 5.68. The molecule has 22 heavy (non-hydrogen) atoms. The minimum atomic E-state index is -0.425. The summed E-state index contributed by atoms with van der Waals surface area (Å²) in [6.45, 7) is 11.1. The van der Waals surface area contributed by atoms with Gasteiger partial charge in [0.25, 0.3) is 0 Å². The maximum Gasteiger partial charge on any atom is 0.410 e. The van der Waals surface area contributed by atoms with Gasteiger partial charge in [-0.3, -0.25) is 4.98 Å². The Bertz CT molecular complexity index is 511. The highest BCUT2D eigenvalue weighted by atomic mass is 16.6. The van der Waals surface area contributed by atoms with E-state index in [9.17, 15) is 4.79 Å². The quantitative estimate of drug-likeness (QED) is 0.929. The molecule has 1 aromatic rings. The first-order valence-electron chi connectivity index (χ1n) is 7.93. The summed E-state index contributed by atoms with van der Waals surface area (Å²) in [6.07, 6.45) is 4.55. The van der Waals surface area contributed by atoms with E-state index in [1.807, 2.05) is 44.1 Å². The molecule has 0 radical (unpaired) electrons. The zero-order chi connectivity index (χ0) is 16.2. The highest BCUT2D eigenvalue weighted by Crippen LogP contribution is 2.19. The van der Waals surface area contributed by atoms with E-state index in [0.29, 0.717) is 5.92 Å². The van der Waals surface area contributed by atoms with Gasteiger partial charge in [-0.05, 0) is 57.2 Å². The van der Waals surface area contributed by atoms with Crippen molar-refractivity contribution in [2.24, 2.45) is 5.92 Å². The smallest absolute Gasteiger partial charge is 0.410 e. The summed E-state index contributed by atoms with van der Waals surface area (Å²) in [7, 11) is 0. The molecule has 0 aromatic carbocycles. The second-order valence-electron chi connectivity index (χ2n) is 7.01. The summed E-state index contributed by atoms with van der Waals surface area (Å²) in [5.41, 5.74) is 2.06. The van der Waals surface area contributed by atoms with E-state index in [4.69, 9.17) is 4.74 Å². The second-order valence-corrected chi connectivity index (χ2v) is 7.01. The summed E-state index contributed by atoms with van der Waals surface area (Å²) >= 11 is 0. The van der Waals surface area contributed by atoms with Crippen LogP contribution in [0.2, 0.25) is 0 Å². The monoisotopic (exact) mass is 305 g/mol. The van der Waals surface area contributed by atoms with Crippen LogP contribution in [0.4, 0.5) is 4.79 Å². The van der Waals surface area contributed by atoms with Crippen LogP contribution in [0.5, 0.6) is 0 Å². The van der Waals surface area contributed by atoms with E-state index in [0.717, 1.165) is 32.6 Å². The molecule has 1 atom stereocenters. The molecule has 5 nitrogen and oxygen atoms in total. The molecule has 0 bridgehead atoms. The second kappa shape index (κ2) is 7.09. The number of rotatable bonds is 4.